The summed E-state index contributed by atoms with van der Waals surface area (Å²) in [5, 5.41) is 20.8. The fourth-order valence-corrected chi connectivity index (χ4v) is 7.61. The molecule has 23 heavy (non-hydrogen) atoms. The number of aliphatic carboxylic acids is 1. The van der Waals surface area contributed by atoms with Crippen LogP contribution < -0.4 is 0 Å². The van der Waals surface area contributed by atoms with E-state index in [1.807, 2.05) is 6.92 Å². The molecule has 0 aromatic carbocycles. The molecule has 3 heteroatoms. The van der Waals surface area contributed by atoms with Gasteiger partial charge in [-0.3, -0.25) is 4.79 Å². The van der Waals surface area contributed by atoms with Gasteiger partial charge in [-0.25, -0.2) is 0 Å². The topological polar surface area (TPSA) is 57.5 Å². The summed E-state index contributed by atoms with van der Waals surface area (Å²) in [5.74, 6) is 0.219. The van der Waals surface area contributed by atoms with Crippen molar-refractivity contribution in [2.45, 2.75) is 77.2 Å². The molecule has 0 aromatic rings. The predicted molar refractivity (Wildman–Crippen MR) is 88.9 cm³/mol. The van der Waals surface area contributed by atoms with Gasteiger partial charge in [0.1, 0.15) is 0 Å². The Labute approximate surface area is 139 Å². The maximum absolute atomic E-state index is 12.0. The highest BCUT2D eigenvalue weighted by atomic mass is 16.4. The van der Waals surface area contributed by atoms with Crippen LogP contribution >= 0.6 is 0 Å². The molecule has 0 aromatic heterocycles. The highest BCUT2D eigenvalue weighted by molar-refractivity contribution is 5.75. The summed E-state index contributed by atoms with van der Waals surface area (Å²) in [6, 6.07) is 0. The molecule has 4 aliphatic rings. The van der Waals surface area contributed by atoms with E-state index in [1.54, 1.807) is 0 Å². The Bertz CT molecular complexity index is 583. The van der Waals surface area contributed by atoms with Crippen LogP contribution in [0, 0.1) is 28.1 Å². The minimum absolute atomic E-state index is 0.107. The number of carboxylic acid groups (broad SMARTS) is 1. The van der Waals surface area contributed by atoms with E-state index in [2.05, 4.69) is 13.5 Å². The molecule has 3 nitrogen and oxygen atoms in total. The van der Waals surface area contributed by atoms with Gasteiger partial charge in [0.15, 0.2) is 0 Å². The van der Waals surface area contributed by atoms with Crippen LogP contribution in [0.25, 0.3) is 0 Å². The van der Waals surface area contributed by atoms with Crippen molar-refractivity contribution in [3.8, 4) is 0 Å². The third-order valence-corrected chi connectivity index (χ3v) is 8.65. The van der Waals surface area contributed by atoms with E-state index in [1.165, 1.54) is 0 Å². The van der Waals surface area contributed by atoms with Crippen LogP contribution in [0.2, 0.25) is 0 Å². The maximum Gasteiger partial charge on any atom is 0.309 e. The smallest absolute Gasteiger partial charge is 0.309 e. The Morgan fingerprint density at radius 2 is 1.83 bits per heavy atom. The summed E-state index contributed by atoms with van der Waals surface area (Å²) < 4.78 is 0. The summed E-state index contributed by atoms with van der Waals surface area (Å²) in [5.41, 5.74) is 0.128. The summed E-state index contributed by atoms with van der Waals surface area (Å²) in [6.45, 7) is 8.55. The lowest BCUT2D eigenvalue weighted by molar-refractivity contribution is -0.186. The standard InChI is InChI=1S/C20H30O3/c1-13-11-19-9-5-14-17(2,7-4-8-18(14,3)16(21)22)15(19)6-10-20(13,23)12-19/h14-15,23H,1,4-12H2,2-3H3,(H,21,22)/t14?,15-,17+,18+,19?,20?/m0/s1. The second kappa shape index (κ2) is 4.41. The van der Waals surface area contributed by atoms with E-state index < -0.39 is 17.0 Å². The van der Waals surface area contributed by atoms with Crippen LogP contribution in [-0.2, 0) is 4.79 Å². The molecule has 0 amide bonds. The molecule has 0 saturated heterocycles. The van der Waals surface area contributed by atoms with Gasteiger partial charge in [-0.1, -0.05) is 19.9 Å². The van der Waals surface area contributed by atoms with Crippen molar-refractivity contribution in [3.63, 3.8) is 0 Å². The molecule has 0 aliphatic heterocycles. The fraction of sp³-hybridized carbons (Fsp3) is 0.850. The van der Waals surface area contributed by atoms with Gasteiger partial charge < -0.3 is 10.2 Å². The Kier molecular flexibility index (Phi) is 3.01. The third kappa shape index (κ3) is 1.78. The maximum atomic E-state index is 12.0. The first-order valence-electron chi connectivity index (χ1n) is 9.30. The molecular weight excluding hydrogens is 288 g/mol. The zero-order valence-electron chi connectivity index (χ0n) is 14.5. The largest absolute Gasteiger partial charge is 0.481 e. The minimum Gasteiger partial charge on any atom is -0.481 e. The van der Waals surface area contributed by atoms with E-state index in [4.69, 9.17) is 0 Å². The van der Waals surface area contributed by atoms with Gasteiger partial charge in [-0.05, 0) is 86.5 Å². The quantitative estimate of drug-likeness (QED) is 0.714. The SMILES string of the molecule is C=C1CC23CCC4[C@](C)(C(=O)O)CCC[C@@]4(C)[C@@H]2CCC1(O)C3. The van der Waals surface area contributed by atoms with E-state index in [-0.39, 0.29) is 16.7 Å². The molecule has 2 N–H and O–H groups in total. The Morgan fingerprint density at radius 3 is 2.52 bits per heavy atom. The third-order valence-electron chi connectivity index (χ3n) is 8.65. The average molecular weight is 318 g/mol. The predicted octanol–water partition coefficient (Wildman–Crippen LogP) is 4.16. The first kappa shape index (κ1) is 15.7. The van der Waals surface area contributed by atoms with Crippen LogP contribution in [0.5, 0.6) is 0 Å². The molecule has 4 rings (SSSR count). The minimum atomic E-state index is -0.634. The molecule has 4 fully saturated rings. The summed E-state index contributed by atoms with van der Waals surface area (Å²) >= 11 is 0. The van der Waals surface area contributed by atoms with Crippen molar-refractivity contribution >= 4 is 5.97 Å². The van der Waals surface area contributed by atoms with Gasteiger partial charge >= 0.3 is 5.97 Å². The Hall–Kier alpha value is -0.830. The molecule has 1 spiro atoms. The molecule has 6 atom stereocenters. The van der Waals surface area contributed by atoms with Crippen molar-refractivity contribution in [3.05, 3.63) is 12.2 Å². The number of rotatable bonds is 1. The summed E-state index contributed by atoms with van der Waals surface area (Å²) in [4.78, 5) is 12.0. The van der Waals surface area contributed by atoms with Gasteiger partial charge in [0.05, 0.1) is 11.0 Å². The Balaban J connectivity index is 1.76. The average Bonchev–Trinajstić information content (AvgIpc) is 2.63. The fourth-order valence-electron chi connectivity index (χ4n) is 7.61. The molecule has 4 aliphatic carbocycles. The van der Waals surface area contributed by atoms with E-state index in [0.717, 1.165) is 63.4 Å². The first-order chi connectivity index (χ1) is 10.7. The van der Waals surface area contributed by atoms with Gasteiger partial charge in [-0.15, -0.1) is 0 Å². The first-order valence-corrected chi connectivity index (χ1v) is 9.30. The van der Waals surface area contributed by atoms with Crippen LogP contribution in [-0.4, -0.2) is 21.8 Å². The van der Waals surface area contributed by atoms with E-state index in [0.29, 0.717) is 5.92 Å². The lowest BCUT2D eigenvalue weighted by atomic mass is 9.41. The van der Waals surface area contributed by atoms with Crippen molar-refractivity contribution in [2.75, 3.05) is 0 Å². The molecule has 0 heterocycles. The molecule has 4 saturated carbocycles. The number of fused-ring (bicyclic) bond motifs is 3. The molecule has 0 radical (unpaired) electrons. The van der Waals surface area contributed by atoms with Crippen LogP contribution in [0.3, 0.4) is 0 Å². The lowest BCUT2D eigenvalue weighted by Gasteiger charge is -2.63. The van der Waals surface area contributed by atoms with Crippen molar-refractivity contribution in [1.29, 1.82) is 0 Å². The van der Waals surface area contributed by atoms with E-state index in [9.17, 15) is 15.0 Å². The van der Waals surface area contributed by atoms with Crippen molar-refractivity contribution < 1.29 is 15.0 Å². The van der Waals surface area contributed by atoms with Crippen LogP contribution in [0.15, 0.2) is 12.2 Å². The zero-order valence-corrected chi connectivity index (χ0v) is 14.5. The van der Waals surface area contributed by atoms with Crippen molar-refractivity contribution in [2.24, 2.45) is 28.1 Å². The monoisotopic (exact) mass is 318 g/mol. The van der Waals surface area contributed by atoms with Crippen LogP contribution in [0.1, 0.15) is 71.6 Å². The van der Waals surface area contributed by atoms with Gasteiger partial charge in [-0.2, -0.15) is 0 Å². The second-order valence-corrected chi connectivity index (χ2v) is 9.62. The van der Waals surface area contributed by atoms with E-state index >= 15 is 0 Å². The highest BCUT2D eigenvalue weighted by Crippen LogP contribution is 2.72. The zero-order chi connectivity index (χ0) is 16.7. The van der Waals surface area contributed by atoms with Gasteiger partial charge in [0.2, 0.25) is 0 Å². The molecular formula is C20H30O3. The lowest BCUT2D eigenvalue weighted by Crippen LogP contribution is -2.59. The molecule has 3 unspecified atom stereocenters. The Morgan fingerprint density at radius 1 is 1.13 bits per heavy atom. The number of aliphatic hydroxyl groups is 1. The van der Waals surface area contributed by atoms with Crippen molar-refractivity contribution in [1.82, 2.24) is 0 Å². The molecule has 128 valence electrons. The van der Waals surface area contributed by atoms with Crippen LogP contribution in [0.4, 0.5) is 0 Å². The van der Waals surface area contributed by atoms with Gasteiger partial charge in [0, 0.05) is 0 Å². The normalized spacial score (nSPS) is 55.2. The number of hydrogen-bond donors (Lipinski definition) is 2. The second-order valence-electron chi connectivity index (χ2n) is 9.62. The van der Waals surface area contributed by atoms with Gasteiger partial charge in [0.25, 0.3) is 0 Å². The molecule has 2 bridgehead atoms. The highest BCUT2D eigenvalue weighted by Gasteiger charge is 2.67. The number of carbonyl (C=O) groups is 1. The summed E-state index contributed by atoms with van der Waals surface area (Å²) in [7, 11) is 0. The summed E-state index contributed by atoms with van der Waals surface area (Å²) in [6.07, 6.45) is 8.75. The number of carboxylic acids is 1. The number of hydrogen-bond acceptors (Lipinski definition) is 2.